The Hall–Kier alpha value is -2.70. The van der Waals surface area contributed by atoms with E-state index in [4.69, 9.17) is 23.2 Å². The molecule has 2 aliphatic rings. The lowest BCUT2D eigenvalue weighted by Gasteiger charge is -2.38. The molecule has 1 atom stereocenters. The second-order valence-corrected chi connectivity index (χ2v) is 7.91. The molecular formula is C21H16Cl2N2O4. The van der Waals surface area contributed by atoms with Gasteiger partial charge in [0.05, 0.1) is 15.6 Å². The maximum absolute atomic E-state index is 13.2. The molecule has 8 heteroatoms. The van der Waals surface area contributed by atoms with Crippen LogP contribution in [-0.2, 0) is 9.59 Å². The molecule has 0 N–H and O–H groups in total. The number of nitro groups is 1. The molecule has 0 radical (unpaired) electrons. The first-order chi connectivity index (χ1) is 13.9. The highest BCUT2D eigenvalue weighted by atomic mass is 35.5. The number of allylic oxidation sites excluding steroid dienone is 2. The van der Waals surface area contributed by atoms with Crippen LogP contribution in [0.4, 0.5) is 11.4 Å². The number of nitrogens with zero attached hydrogens (tertiary/aromatic N) is 2. The van der Waals surface area contributed by atoms with Gasteiger partial charge in [-0.1, -0.05) is 35.3 Å². The molecule has 0 saturated carbocycles. The molecule has 1 aliphatic carbocycles. The summed E-state index contributed by atoms with van der Waals surface area (Å²) in [6, 6.07) is 11.1. The Morgan fingerprint density at radius 3 is 2.59 bits per heavy atom. The zero-order valence-electron chi connectivity index (χ0n) is 15.2. The summed E-state index contributed by atoms with van der Waals surface area (Å²) in [4.78, 5) is 38.1. The summed E-state index contributed by atoms with van der Waals surface area (Å²) in [7, 11) is 0. The minimum Gasteiger partial charge on any atom is -0.294 e. The minimum absolute atomic E-state index is 0.0183. The maximum atomic E-state index is 13.2. The van der Waals surface area contributed by atoms with E-state index in [1.165, 1.54) is 23.1 Å². The van der Waals surface area contributed by atoms with Crippen molar-refractivity contribution < 1.29 is 14.5 Å². The number of hydrogen-bond donors (Lipinski definition) is 0. The van der Waals surface area contributed by atoms with Gasteiger partial charge < -0.3 is 0 Å². The van der Waals surface area contributed by atoms with Gasteiger partial charge in [-0.25, -0.2) is 0 Å². The summed E-state index contributed by atoms with van der Waals surface area (Å²) < 4.78 is 0. The van der Waals surface area contributed by atoms with Crippen molar-refractivity contribution >= 4 is 46.3 Å². The highest BCUT2D eigenvalue weighted by molar-refractivity contribution is 6.34. The fraction of sp³-hybridized carbons (Fsp3) is 0.238. The Labute approximate surface area is 176 Å². The van der Waals surface area contributed by atoms with E-state index in [-0.39, 0.29) is 34.5 Å². The Morgan fingerprint density at radius 2 is 1.86 bits per heavy atom. The lowest BCUT2D eigenvalue weighted by atomic mass is 9.77. The first kappa shape index (κ1) is 19.6. The topological polar surface area (TPSA) is 80.5 Å². The summed E-state index contributed by atoms with van der Waals surface area (Å²) in [5.41, 5.74) is 2.01. The lowest BCUT2D eigenvalue weighted by Crippen LogP contribution is -2.40. The van der Waals surface area contributed by atoms with E-state index in [2.05, 4.69) is 0 Å². The van der Waals surface area contributed by atoms with E-state index >= 15 is 0 Å². The predicted octanol–water partition coefficient (Wildman–Crippen LogP) is 5.43. The third kappa shape index (κ3) is 3.54. The van der Waals surface area contributed by atoms with Crippen LogP contribution in [0, 0.1) is 10.1 Å². The van der Waals surface area contributed by atoms with Crippen molar-refractivity contribution in [1.82, 2.24) is 0 Å². The van der Waals surface area contributed by atoms with E-state index in [1.54, 1.807) is 18.2 Å². The van der Waals surface area contributed by atoms with Crippen LogP contribution in [0.3, 0.4) is 0 Å². The molecule has 148 valence electrons. The van der Waals surface area contributed by atoms with Crippen molar-refractivity contribution in [2.75, 3.05) is 4.90 Å². The van der Waals surface area contributed by atoms with Gasteiger partial charge in [-0.2, -0.15) is 0 Å². The Kier molecular flexibility index (Phi) is 5.15. The van der Waals surface area contributed by atoms with Gasteiger partial charge in [0, 0.05) is 47.2 Å². The number of nitro benzene ring substituents is 1. The zero-order chi connectivity index (χ0) is 20.7. The lowest BCUT2D eigenvalue weighted by molar-refractivity contribution is -0.384. The van der Waals surface area contributed by atoms with Crippen molar-refractivity contribution in [2.45, 2.75) is 31.6 Å². The number of ketones is 1. The molecule has 2 aromatic carbocycles. The number of benzene rings is 2. The van der Waals surface area contributed by atoms with Crippen LogP contribution in [0.1, 0.15) is 37.2 Å². The third-order valence-corrected chi connectivity index (χ3v) is 5.86. The summed E-state index contributed by atoms with van der Waals surface area (Å²) >= 11 is 12.4. The van der Waals surface area contributed by atoms with E-state index in [1.807, 2.05) is 6.07 Å². The summed E-state index contributed by atoms with van der Waals surface area (Å²) in [6.45, 7) is 0. The molecule has 29 heavy (non-hydrogen) atoms. The number of anilines is 1. The Bertz CT molecular complexity index is 1080. The van der Waals surface area contributed by atoms with Gasteiger partial charge in [0.15, 0.2) is 5.78 Å². The Balaban J connectivity index is 1.89. The SMILES string of the molecule is O=C1CCCC2=C1C(c1cccc(Cl)c1)CC(=O)N2c1cc([N+](=O)[O-])ccc1Cl. The normalized spacial score (nSPS) is 19.4. The van der Waals surface area contributed by atoms with Crippen LogP contribution in [0.2, 0.25) is 10.0 Å². The average molecular weight is 431 g/mol. The van der Waals surface area contributed by atoms with Crippen LogP contribution in [0.15, 0.2) is 53.7 Å². The fourth-order valence-corrected chi connectivity index (χ4v) is 4.47. The minimum atomic E-state index is -0.537. The molecule has 4 rings (SSSR count). The second kappa shape index (κ2) is 7.61. The van der Waals surface area contributed by atoms with E-state index < -0.39 is 10.8 Å². The fourth-order valence-electron chi connectivity index (χ4n) is 4.07. The number of carbonyl (C=O) groups excluding carboxylic acids is 2. The van der Waals surface area contributed by atoms with Gasteiger partial charge in [0.25, 0.3) is 5.69 Å². The first-order valence-corrected chi connectivity index (χ1v) is 9.91. The highest BCUT2D eigenvalue weighted by Gasteiger charge is 2.40. The van der Waals surface area contributed by atoms with Gasteiger partial charge in [0.1, 0.15) is 0 Å². The molecule has 2 aromatic rings. The van der Waals surface area contributed by atoms with Crippen LogP contribution in [0.25, 0.3) is 0 Å². The van der Waals surface area contributed by atoms with Gasteiger partial charge in [-0.15, -0.1) is 0 Å². The number of non-ortho nitro benzene ring substituents is 1. The maximum Gasteiger partial charge on any atom is 0.271 e. The number of Topliss-reactive ketones (excluding diaryl/α,β-unsaturated/α-hetero) is 1. The second-order valence-electron chi connectivity index (χ2n) is 7.07. The molecule has 6 nitrogen and oxygen atoms in total. The molecule has 0 aromatic heterocycles. The van der Waals surface area contributed by atoms with Crippen molar-refractivity contribution in [3.05, 3.63) is 79.5 Å². The smallest absolute Gasteiger partial charge is 0.271 e. The van der Waals surface area contributed by atoms with Gasteiger partial charge in [-0.05, 0) is 36.6 Å². The number of hydrogen-bond acceptors (Lipinski definition) is 4. The Morgan fingerprint density at radius 1 is 1.07 bits per heavy atom. The van der Waals surface area contributed by atoms with E-state index in [0.717, 1.165) is 5.56 Å². The largest absolute Gasteiger partial charge is 0.294 e. The first-order valence-electron chi connectivity index (χ1n) is 9.15. The van der Waals surface area contributed by atoms with Crippen LogP contribution >= 0.6 is 23.2 Å². The molecule has 1 unspecified atom stereocenters. The summed E-state index contributed by atoms with van der Waals surface area (Å²) in [5.74, 6) is -0.668. The van der Waals surface area contributed by atoms with Crippen LogP contribution < -0.4 is 4.90 Å². The third-order valence-electron chi connectivity index (χ3n) is 5.31. The monoisotopic (exact) mass is 430 g/mol. The molecule has 0 bridgehead atoms. The zero-order valence-corrected chi connectivity index (χ0v) is 16.7. The van der Waals surface area contributed by atoms with Crippen molar-refractivity contribution in [3.8, 4) is 0 Å². The molecule has 1 aliphatic heterocycles. The van der Waals surface area contributed by atoms with Crippen LogP contribution in [-0.4, -0.2) is 16.6 Å². The molecule has 1 heterocycles. The van der Waals surface area contributed by atoms with Crippen LogP contribution in [0.5, 0.6) is 0 Å². The molecule has 1 amide bonds. The number of carbonyl (C=O) groups is 2. The molecule has 0 saturated heterocycles. The molecular weight excluding hydrogens is 415 g/mol. The van der Waals surface area contributed by atoms with Crippen molar-refractivity contribution in [1.29, 1.82) is 0 Å². The standard InChI is InChI=1S/C21H16Cl2N2O4/c22-13-4-1-3-12(9-13)15-11-20(27)24(17-5-2-6-19(26)21(15)17)18-10-14(25(28)29)7-8-16(18)23/h1,3-4,7-10,15H,2,5-6,11H2. The average Bonchev–Trinajstić information content (AvgIpc) is 2.68. The highest BCUT2D eigenvalue weighted by Crippen LogP contribution is 2.45. The molecule has 0 fully saturated rings. The van der Waals surface area contributed by atoms with Gasteiger partial charge in [-0.3, -0.25) is 24.6 Å². The quantitative estimate of drug-likeness (QED) is 0.480. The number of rotatable bonds is 3. The van der Waals surface area contributed by atoms with Crippen molar-refractivity contribution in [2.24, 2.45) is 0 Å². The summed E-state index contributed by atoms with van der Waals surface area (Å²) in [5, 5.41) is 12.0. The van der Waals surface area contributed by atoms with Gasteiger partial charge in [0.2, 0.25) is 5.91 Å². The van der Waals surface area contributed by atoms with E-state index in [0.29, 0.717) is 35.6 Å². The molecule has 0 spiro atoms. The summed E-state index contributed by atoms with van der Waals surface area (Å²) in [6.07, 6.45) is 1.59. The number of amides is 1. The van der Waals surface area contributed by atoms with Gasteiger partial charge >= 0.3 is 0 Å². The number of halogens is 2. The predicted molar refractivity (Wildman–Crippen MR) is 110 cm³/mol. The van der Waals surface area contributed by atoms with E-state index in [9.17, 15) is 19.7 Å². The van der Waals surface area contributed by atoms with Crippen molar-refractivity contribution in [3.63, 3.8) is 0 Å².